The van der Waals surface area contributed by atoms with Crippen molar-refractivity contribution in [1.29, 1.82) is 10.5 Å². The molecule has 0 fully saturated rings. The van der Waals surface area contributed by atoms with E-state index in [-0.39, 0.29) is 12.0 Å². The molecule has 1 aromatic carbocycles. The van der Waals surface area contributed by atoms with Crippen LogP contribution in [0.15, 0.2) is 6.08 Å². The van der Waals surface area contributed by atoms with Crippen molar-refractivity contribution in [2.24, 2.45) is 0 Å². The maximum absolute atomic E-state index is 13.7. The van der Waals surface area contributed by atoms with Crippen LogP contribution in [0.4, 0.5) is 17.6 Å². The van der Waals surface area contributed by atoms with Gasteiger partial charge in [0.15, 0.2) is 23.3 Å². The second-order valence-electron chi connectivity index (χ2n) is 3.60. The lowest BCUT2D eigenvalue weighted by Crippen LogP contribution is -2.08. The predicted octanol–water partition coefficient (Wildman–Crippen LogP) is 3.63. The molecule has 0 heterocycles. The van der Waals surface area contributed by atoms with E-state index in [1.807, 2.05) is 0 Å². The van der Waals surface area contributed by atoms with Crippen molar-refractivity contribution in [3.8, 4) is 12.1 Å². The molecule has 0 aliphatic heterocycles. The van der Waals surface area contributed by atoms with E-state index in [1.165, 1.54) is 13.0 Å². The largest absolute Gasteiger partial charge is 0.203 e. The molecule has 0 saturated carbocycles. The highest BCUT2D eigenvalue weighted by molar-refractivity contribution is 5.69. The Morgan fingerprint density at radius 3 is 1.95 bits per heavy atom. The van der Waals surface area contributed by atoms with Crippen molar-refractivity contribution in [2.45, 2.75) is 19.8 Å². The average Bonchev–Trinajstić information content (AvgIpc) is 2.40. The molecule has 19 heavy (non-hydrogen) atoms. The summed E-state index contributed by atoms with van der Waals surface area (Å²) in [7, 11) is 0. The molecule has 6 heteroatoms. The van der Waals surface area contributed by atoms with E-state index in [4.69, 9.17) is 10.5 Å². The van der Waals surface area contributed by atoms with Crippen molar-refractivity contribution in [3.05, 3.63) is 40.5 Å². The Hall–Kier alpha value is -2.34. The Labute approximate surface area is 107 Å². The van der Waals surface area contributed by atoms with Gasteiger partial charge in [0.1, 0.15) is 0 Å². The number of nitriles is 2. The van der Waals surface area contributed by atoms with E-state index in [0.29, 0.717) is 0 Å². The van der Waals surface area contributed by atoms with Gasteiger partial charge in [-0.05, 0) is 12.0 Å². The third-order valence-corrected chi connectivity index (χ3v) is 2.55. The molecule has 98 valence electrons. The molecule has 0 N–H and O–H groups in total. The van der Waals surface area contributed by atoms with Gasteiger partial charge in [-0.2, -0.15) is 10.5 Å². The molecule has 0 spiro atoms. The quantitative estimate of drug-likeness (QED) is 0.477. The number of hydrogen-bond acceptors (Lipinski definition) is 2. The molecule has 0 aliphatic carbocycles. The number of halogens is 4. The lowest BCUT2D eigenvalue weighted by molar-refractivity contribution is 0.438. The standard InChI is InChI=1S/C13H8F4N2/c1-2-7(3-5-18)9-12(16)10(14)8(4-6-19)11(15)13(9)17/h3H,2,4H2,1H3. The molecule has 0 atom stereocenters. The molecule has 0 bridgehead atoms. The molecular formula is C13H8F4N2. The van der Waals surface area contributed by atoms with Crippen LogP contribution in [-0.2, 0) is 6.42 Å². The van der Waals surface area contributed by atoms with Crippen LogP contribution in [0.1, 0.15) is 24.5 Å². The van der Waals surface area contributed by atoms with Crippen LogP contribution in [0, 0.1) is 45.9 Å². The topological polar surface area (TPSA) is 47.6 Å². The summed E-state index contributed by atoms with van der Waals surface area (Å²) in [6.45, 7) is 1.49. The molecule has 0 amide bonds. The predicted molar refractivity (Wildman–Crippen MR) is 59.5 cm³/mol. The van der Waals surface area contributed by atoms with Crippen molar-refractivity contribution < 1.29 is 17.6 Å². The number of rotatable bonds is 3. The van der Waals surface area contributed by atoms with E-state index in [1.54, 1.807) is 6.07 Å². The fourth-order valence-electron chi connectivity index (χ4n) is 1.62. The lowest BCUT2D eigenvalue weighted by Gasteiger charge is -2.11. The number of hydrogen-bond donors (Lipinski definition) is 0. The van der Waals surface area contributed by atoms with Gasteiger partial charge in [0.2, 0.25) is 0 Å². The first-order chi connectivity index (χ1) is 8.99. The number of allylic oxidation sites excluding steroid dienone is 2. The Kier molecular flexibility index (Phi) is 4.66. The first-order valence-corrected chi connectivity index (χ1v) is 5.30. The van der Waals surface area contributed by atoms with Gasteiger partial charge in [-0.15, -0.1) is 0 Å². The van der Waals surface area contributed by atoms with Crippen LogP contribution in [0.5, 0.6) is 0 Å². The zero-order valence-corrected chi connectivity index (χ0v) is 9.90. The zero-order valence-electron chi connectivity index (χ0n) is 9.90. The van der Waals surface area contributed by atoms with Gasteiger partial charge in [0, 0.05) is 11.6 Å². The van der Waals surface area contributed by atoms with E-state index in [2.05, 4.69) is 0 Å². The Morgan fingerprint density at radius 1 is 1.05 bits per heavy atom. The first kappa shape index (κ1) is 14.7. The third-order valence-electron chi connectivity index (χ3n) is 2.55. The minimum Gasteiger partial charge on any atom is -0.203 e. The smallest absolute Gasteiger partial charge is 0.169 e. The van der Waals surface area contributed by atoms with Crippen molar-refractivity contribution in [1.82, 2.24) is 0 Å². The Bertz CT molecular complexity index is 592. The maximum Gasteiger partial charge on any atom is 0.169 e. The van der Waals surface area contributed by atoms with Gasteiger partial charge in [0.05, 0.1) is 24.1 Å². The first-order valence-electron chi connectivity index (χ1n) is 5.30. The van der Waals surface area contributed by atoms with Gasteiger partial charge < -0.3 is 0 Å². The minimum atomic E-state index is -1.60. The average molecular weight is 268 g/mol. The fourth-order valence-corrected chi connectivity index (χ4v) is 1.62. The third kappa shape index (κ3) is 2.58. The molecule has 1 rings (SSSR count). The molecule has 0 aliphatic rings. The van der Waals surface area contributed by atoms with Gasteiger partial charge >= 0.3 is 0 Å². The van der Waals surface area contributed by atoms with Crippen molar-refractivity contribution in [3.63, 3.8) is 0 Å². The Morgan fingerprint density at radius 2 is 1.58 bits per heavy atom. The van der Waals surface area contributed by atoms with Gasteiger partial charge in [0.25, 0.3) is 0 Å². The summed E-state index contributed by atoms with van der Waals surface area (Å²) in [5.74, 6) is -6.39. The van der Waals surface area contributed by atoms with E-state index < -0.39 is 40.8 Å². The van der Waals surface area contributed by atoms with E-state index in [9.17, 15) is 17.6 Å². The van der Waals surface area contributed by atoms with E-state index in [0.717, 1.165) is 6.08 Å². The summed E-state index contributed by atoms with van der Waals surface area (Å²) in [5, 5.41) is 16.9. The molecule has 0 radical (unpaired) electrons. The van der Waals surface area contributed by atoms with Crippen LogP contribution in [-0.4, -0.2) is 0 Å². The van der Waals surface area contributed by atoms with Crippen LogP contribution < -0.4 is 0 Å². The second kappa shape index (κ2) is 6.01. The number of benzene rings is 1. The molecule has 0 unspecified atom stereocenters. The Balaban J connectivity index is 3.67. The van der Waals surface area contributed by atoms with Crippen molar-refractivity contribution in [2.75, 3.05) is 0 Å². The van der Waals surface area contributed by atoms with Crippen LogP contribution in [0.25, 0.3) is 5.57 Å². The molecule has 0 saturated heterocycles. The fraction of sp³-hybridized carbons (Fsp3) is 0.231. The monoisotopic (exact) mass is 268 g/mol. The minimum absolute atomic E-state index is 0.0257. The SMILES string of the molecule is CCC(=CC#N)c1c(F)c(F)c(CC#N)c(F)c1F. The lowest BCUT2D eigenvalue weighted by atomic mass is 9.98. The van der Waals surface area contributed by atoms with Gasteiger partial charge in [-0.1, -0.05) is 6.92 Å². The highest BCUT2D eigenvalue weighted by Gasteiger charge is 2.26. The second-order valence-corrected chi connectivity index (χ2v) is 3.60. The molecule has 0 aromatic heterocycles. The van der Waals surface area contributed by atoms with E-state index >= 15 is 0 Å². The van der Waals surface area contributed by atoms with Crippen LogP contribution in [0.2, 0.25) is 0 Å². The van der Waals surface area contributed by atoms with Crippen molar-refractivity contribution >= 4 is 5.57 Å². The summed E-state index contributed by atoms with van der Waals surface area (Å²) in [4.78, 5) is 0. The highest BCUT2D eigenvalue weighted by Crippen LogP contribution is 2.30. The molecular weight excluding hydrogens is 260 g/mol. The summed E-state index contributed by atoms with van der Waals surface area (Å²) >= 11 is 0. The van der Waals surface area contributed by atoms with Gasteiger partial charge in [-0.25, -0.2) is 17.6 Å². The van der Waals surface area contributed by atoms with Crippen LogP contribution in [0.3, 0.4) is 0 Å². The summed E-state index contributed by atoms with van der Waals surface area (Å²) < 4.78 is 54.7. The molecule has 1 aromatic rings. The highest BCUT2D eigenvalue weighted by atomic mass is 19.2. The van der Waals surface area contributed by atoms with Gasteiger partial charge in [-0.3, -0.25) is 0 Å². The summed E-state index contributed by atoms with van der Waals surface area (Å²) in [6, 6.07) is 2.99. The number of nitrogens with zero attached hydrogens (tertiary/aromatic N) is 2. The summed E-state index contributed by atoms with van der Waals surface area (Å²) in [5.41, 5.74) is -2.01. The summed E-state index contributed by atoms with van der Waals surface area (Å²) in [6.07, 6.45) is 0.0669. The maximum atomic E-state index is 13.7. The zero-order chi connectivity index (χ0) is 14.6. The molecule has 2 nitrogen and oxygen atoms in total. The van der Waals surface area contributed by atoms with Crippen LogP contribution >= 0.6 is 0 Å². The normalized spacial score (nSPS) is 11.0.